The van der Waals surface area contributed by atoms with Crippen LogP contribution in [0.1, 0.15) is 45.4 Å². The van der Waals surface area contributed by atoms with E-state index in [-0.39, 0.29) is 0 Å². The van der Waals surface area contributed by atoms with E-state index in [9.17, 15) is 0 Å². The second-order valence-electron chi connectivity index (χ2n) is 6.24. The van der Waals surface area contributed by atoms with Gasteiger partial charge in [0.15, 0.2) is 0 Å². The van der Waals surface area contributed by atoms with Crippen molar-refractivity contribution in [3.8, 4) is 0 Å². The topological polar surface area (TPSA) is 24.5 Å². The molecular formula is C15H30N2O. The van der Waals surface area contributed by atoms with E-state index in [2.05, 4.69) is 24.2 Å². The molecule has 0 aromatic rings. The van der Waals surface area contributed by atoms with E-state index >= 15 is 0 Å². The predicted molar refractivity (Wildman–Crippen MR) is 75.9 cm³/mol. The summed E-state index contributed by atoms with van der Waals surface area (Å²) >= 11 is 0. The van der Waals surface area contributed by atoms with Crippen molar-refractivity contribution in [3.63, 3.8) is 0 Å². The number of hydrogen-bond acceptors (Lipinski definition) is 3. The highest BCUT2D eigenvalue weighted by molar-refractivity contribution is 4.80. The zero-order chi connectivity index (χ0) is 12.8. The molecule has 3 heteroatoms. The second-order valence-corrected chi connectivity index (χ2v) is 6.24. The maximum Gasteiger partial charge on any atom is 0.0506 e. The number of ether oxygens (including phenoxy) is 1. The molecule has 1 aliphatic heterocycles. The van der Waals surface area contributed by atoms with Crippen LogP contribution in [0.4, 0.5) is 0 Å². The van der Waals surface area contributed by atoms with Crippen LogP contribution < -0.4 is 5.32 Å². The van der Waals surface area contributed by atoms with Gasteiger partial charge in [0.1, 0.15) is 0 Å². The van der Waals surface area contributed by atoms with Crippen LogP contribution in [0.3, 0.4) is 0 Å². The minimum absolute atomic E-state index is 0.702. The first kappa shape index (κ1) is 14.3. The molecule has 2 fully saturated rings. The van der Waals surface area contributed by atoms with Crippen molar-refractivity contribution < 1.29 is 4.74 Å². The third-order valence-corrected chi connectivity index (χ3v) is 4.36. The summed E-state index contributed by atoms with van der Waals surface area (Å²) in [4.78, 5) is 2.52. The summed E-state index contributed by atoms with van der Waals surface area (Å²) in [5.74, 6) is 0.760. The molecule has 0 aromatic heterocycles. The average molecular weight is 254 g/mol. The fraction of sp³-hybridized carbons (Fsp3) is 1.00. The molecule has 1 saturated carbocycles. The van der Waals surface area contributed by atoms with Gasteiger partial charge in [-0.15, -0.1) is 0 Å². The smallest absolute Gasteiger partial charge is 0.0506 e. The standard InChI is InChI=1S/C15H30N2O/c1-13(5-3-9-16-15-7-8-15)17(2)11-14-6-4-10-18-12-14/h13-16H,3-12H2,1-2H3. The highest BCUT2D eigenvalue weighted by Gasteiger charge is 2.20. The molecule has 1 heterocycles. The van der Waals surface area contributed by atoms with E-state index in [0.717, 1.165) is 25.2 Å². The lowest BCUT2D eigenvalue weighted by atomic mass is 10.0. The van der Waals surface area contributed by atoms with E-state index in [1.165, 1.54) is 51.6 Å². The highest BCUT2D eigenvalue weighted by Crippen LogP contribution is 2.19. The van der Waals surface area contributed by atoms with Crippen LogP contribution in [0.25, 0.3) is 0 Å². The van der Waals surface area contributed by atoms with E-state index in [0.29, 0.717) is 6.04 Å². The zero-order valence-electron chi connectivity index (χ0n) is 12.2. The Balaban J connectivity index is 1.53. The molecule has 2 unspecified atom stereocenters. The molecule has 3 nitrogen and oxygen atoms in total. The Kier molecular flexibility index (Phi) is 5.93. The first-order valence-electron chi connectivity index (χ1n) is 7.77. The lowest BCUT2D eigenvalue weighted by Crippen LogP contribution is -2.36. The minimum atomic E-state index is 0.702. The summed E-state index contributed by atoms with van der Waals surface area (Å²) < 4.78 is 5.56. The van der Waals surface area contributed by atoms with Crippen molar-refractivity contribution in [3.05, 3.63) is 0 Å². The summed E-state index contributed by atoms with van der Waals surface area (Å²) in [6.45, 7) is 6.72. The van der Waals surface area contributed by atoms with Gasteiger partial charge in [0.05, 0.1) is 6.61 Å². The fourth-order valence-electron chi connectivity index (χ4n) is 2.75. The van der Waals surface area contributed by atoms with Crippen LogP contribution >= 0.6 is 0 Å². The van der Waals surface area contributed by atoms with Gasteiger partial charge in [-0.05, 0) is 65.0 Å². The van der Waals surface area contributed by atoms with Gasteiger partial charge in [-0.25, -0.2) is 0 Å². The number of nitrogens with one attached hydrogen (secondary N) is 1. The van der Waals surface area contributed by atoms with Crippen molar-refractivity contribution in [1.29, 1.82) is 0 Å². The van der Waals surface area contributed by atoms with Gasteiger partial charge in [-0.1, -0.05) is 0 Å². The Hall–Kier alpha value is -0.120. The summed E-state index contributed by atoms with van der Waals surface area (Å²) in [6.07, 6.45) is 8.01. The van der Waals surface area contributed by atoms with Gasteiger partial charge < -0.3 is 15.0 Å². The zero-order valence-corrected chi connectivity index (χ0v) is 12.2. The molecule has 2 atom stereocenters. The molecule has 2 rings (SSSR count). The minimum Gasteiger partial charge on any atom is -0.381 e. The molecule has 0 aromatic carbocycles. The molecule has 0 bridgehead atoms. The SMILES string of the molecule is CC(CCCNC1CC1)N(C)CC1CCCOC1. The largest absolute Gasteiger partial charge is 0.381 e. The van der Waals surface area contributed by atoms with Crippen LogP contribution in [0.2, 0.25) is 0 Å². The Morgan fingerprint density at radius 2 is 2.17 bits per heavy atom. The lowest BCUT2D eigenvalue weighted by molar-refractivity contribution is 0.0366. The maximum absolute atomic E-state index is 5.56. The Labute approximate surface area is 112 Å². The normalized spacial score (nSPS) is 26.5. The number of nitrogens with zero attached hydrogens (tertiary/aromatic N) is 1. The predicted octanol–water partition coefficient (Wildman–Crippen LogP) is 2.27. The quantitative estimate of drug-likeness (QED) is 0.673. The van der Waals surface area contributed by atoms with Crippen LogP contribution in [-0.2, 0) is 4.74 Å². The summed E-state index contributed by atoms with van der Waals surface area (Å²) in [7, 11) is 2.27. The van der Waals surface area contributed by atoms with Crippen LogP contribution in [0.15, 0.2) is 0 Å². The molecule has 1 aliphatic carbocycles. The van der Waals surface area contributed by atoms with Gasteiger partial charge in [0.25, 0.3) is 0 Å². The third kappa shape index (κ3) is 5.25. The summed E-state index contributed by atoms with van der Waals surface area (Å²) in [5.41, 5.74) is 0. The molecule has 1 saturated heterocycles. The van der Waals surface area contributed by atoms with Gasteiger partial charge in [-0.3, -0.25) is 0 Å². The van der Waals surface area contributed by atoms with E-state index < -0.39 is 0 Å². The van der Waals surface area contributed by atoms with E-state index in [1.807, 2.05) is 0 Å². The molecule has 0 radical (unpaired) electrons. The summed E-state index contributed by atoms with van der Waals surface area (Å²) in [5, 5.41) is 3.59. The molecule has 0 spiro atoms. The molecule has 1 N–H and O–H groups in total. The van der Waals surface area contributed by atoms with Gasteiger partial charge >= 0.3 is 0 Å². The van der Waals surface area contributed by atoms with Crippen molar-refractivity contribution >= 4 is 0 Å². The number of rotatable bonds is 8. The Bertz CT molecular complexity index is 225. The third-order valence-electron chi connectivity index (χ3n) is 4.36. The number of hydrogen-bond donors (Lipinski definition) is 1. The molecule has 106 valence electrons. The maximum atomic E-state index is 5.56. The van der Waals surface area contributed by atoms with Gasteiger partial charge in [0.2, 0.25) is 0 Å². The van der Waals surface area contributed by atoms with Gasteiger partial charge in [-0.2, -0.15) is 0 Å². The van der Waals surface area contributed by atoms with Crippen LogP contribution in [0, 0.1) is 5.92 Å². The summed E-state index contributed by atoms with van der Waals surface area (Å²) in [6, 6.07) is 1.56. The van der Waals surface area contributed by atoms with Crippen molar-refractivity contribution in [2.75, 3.05) is 33.4 Å². The molecule has 2 aliphatic rings. The van der Waals surface area contributed by atoms with Crippen molar-refractivity contribution in [1.82, 2.24) is 10.2 Å². The van der Waals surface area contributed by atoms with Gasteiger partial charge in [0, 0.05) is 25.2 Å². The molecule has 0 amide bonds. The molecule has 18 heavy (non-hydrogen) atoms. The van der Waals surface area contributed by atoms with Crippen molar-refractivity contribution in [2.45, 2.75) is 57.5 Å². The lowest BCUT2D eigenvalue weighted by Gasteiger charge is -2.31. The van der Waals surface area contributed by atoms with Crippen LogP contribution in [-0.4, -0.2) is 50.3 Å². The Morgan fingerprint density at radius 1 is 1.33 bits per heavy atom. The first-order chi connectivity index (χ1) is 8.75. The Morgan fingerprint density at radius 3 is 2.83 bits per heavy atom. The first-order valence-corrected chi connectivity index (χ1v) is 7.77. The second kappa shape index (κ2) is 7.46. The highest BCUT2D eigenvalue weighted by atomic mass is 16.5. The average Bonchev–Trinajstić information content (AvgIpc) is 3.19. The van der Waals surface area contributed by atoms with E-state index in [4.69, 9.17) is 4.74 Å². The fourth-order valence-corrected chi connectivity index (χ4v) is 2.75. The monoisotopic (exact) mass is 254 g/mol. The van der Waals surface area contributed by atoms with Crippen LogP contribution in [0.5, 0.6) is 0 Å². The molecular weight excluding hydrogens is 224 g/mol. The van der Waals surface area contributed by atoms with E-state index in [1.54, 1.807) is 0 Å². The van der Waals surface area contributed by atoms with Crippen molar-refractivity contribution in [2.24, 2.45) is 5.92 Å².